The van der Waals surface area contributed by atoms with E-state index in [2.05, 4.69) is 33.2 Å². The summed E-state index contributed by atoms with van der Waals surface area (Å²) in [7, 11) is 0. The molecule has 3 heterocycles. The van der Waals surface area contributed by atoms with Crippen molar-refractivity contribution < 1.29 is 0 Å². The molecule has 0 amide bonds. The molecule has 130 valence electrons. The Morgan fingerprint density at radius 2 is 1.74 bits per heavy atom. The van der Waals surface area contributed by atoms with E-state index in [9.17, 15) is 0 Å². The normalized spacial score (nSPS) is 11.3. The summed E-state index contributed by atoms with van der Waals surface area (Å²) >= 11 is 8.15. The number of hydrogen-bond donors (Lipinski definition) is 1. The van der Waals surface area contributed by atoms with Crippen molar-refractivity contribution in [2.75, 3.05) is 5.73 Å². The highest BCUT2D eigenvalue weighted by Gasteiger charge is 2.16. The first-order valence-electron chi connectivity index (χ1n) is 8.35. The Hall–Kier alpha value is -3.02. The van der Waals surface area contributed by atoms with Gasteiger partial charge in [-0.1, -0.05) is 35.9 Å². The molecule has 0 saturated carbocycles. The standard InChI is InChI=1S/C21H13ClN4S/c22-15-9-14(8-13-5-3-7-24-19(13)15)20-21(26-18(23)11-25-20)17-10-12-4-1-2-6-16(12)27-17/h1-11H,(H2,23,26). The van der Waals surface area contributed by atoms with Gasteiger partial charge in [0.1, 0.15) is 11.5 Å². The molecular formula is C21H13ClN4S. The van der Waals surface area contributed by atoms with Gasteiger partial charge in [0.05, 0.1) is 27.3 Å². The maximum Gasteiger partial charge on any atom is 0.142 e. The first-order chi connectivity index (χ1) is 13.2. The molecule has 4 nitrogen and oxygen atoms in total. The van der Waals surface area contributed by atoms with Crippen molar-refractivity contribution >= 4 is 49.7 Å². The molecule has 2 N–H and O–H groups in total. The van der Waals surface area contributed by atoms with E-state index in [1.807, 2.05) is 36.4 Å². The first-order valence-corrected chi connectivity index (χ1v) is 9.54. The second-order valence-electron chi connectivity index (χ2n) is 6.17. The van der Waals surface area contributed by atoms with Gasteiger partial charge < -0.3 is 5.73 Å². The monoisotopic (exact) mass is 388 g/mol. The van der Waals surface area contributed by atoms with Gasteiger partial charge in [0.2, 0.25) is 0 Å². The van der Waals surface area contributed by atoms with Crippen LogP contribution >= 0.6 is 22.9 Å². The van der Waals surface area contributed by atoms with Crippen LogP contribution in [0, 0.1) is 0 Å². The fourth-order valence-corrected chi connectivity index (χ4v) is 4.50. The van der Waals surface area contributed by atoms with E-state index in [0.717, 1.165) is 32.7 Å². The lowest BCUT2D eigenvalue weighted by atomic mass is 10.1. The topological polar surface area (TPSA) is 64.7 Å². The van der Waals surface area contributed by atoms with E-state index in [1.54, 1.807) is 23.7 Å². The minimum atomic E-state index is 0.389. The number of nitrogens with zero attached hydrogens (tertiary/aromatic N) is 3. The zero-order chi connectivity index (χ0) is 18.4. The molecule has 0 bridgehead atoms. The lowest BCUT2D eigenvalue weighted by Crippen LogP contribution is -1.97. The molecule has 0 radical (unpaired) electrons. The Labute approximate surface area is 164 Å². The molecule has 0 atom stereocenters. The number of aromatic nitrogens is 3. The Morgan fingerprint density at radius 3 is 2.63 bits per heavy atom. The van der Waals surface area contributed by atoms with Gasteiger partial charge in [0.15, 0.2) is 0 Å². The van der Waals surface area contributed by atoms with Crippen molar-refractivity contribution in [3.05, 3.63) is 72.0 Å². The van der Waals surface area contributed by atoms with E-state index in [4.69, 9.17) is 17.3 Å². The highest BCUT2D eigenvalue weighted by Crippen LogP contribution is 2.38. The molecule has 0 unspecified atom stereocenters. The van der Waals surface area contributed by atoms with Crippen LogP contribution in [0.5, 0.6) is 0 Å². The van der Waals surface area contributed by atoms with Crippen LogP contribution in [-0.2, 0) is 0 Å². The lowest BCUT2D eigenvalue weighted by molar-refractivity contribution is 1.23. The quantitative estimate of drug-likeness (QED) is 0.414. The minimum absolute atomic E-state index is 0.389. The van der Waals surface area contributed by atoms with Gasteiger partial charge >= 0.3 is 0 Å². The van der Waals surface area contributed by atoms with Gasteiger partial charge in [0.25, 0.3) is 0 Å². The van der Waals surface area contributed by atoms with Gasteiger partial charge in [-0.3, -0.25) is 9.97 Å². The molecule has 0 fully saturated rings. The number of halogens is 1. The Kier molecular flexibility index (Phi) is 3.77. The molecule has 3 aromatic heterocycles. The molecule has 27 heavy (non-hydrogen) atoms. The molecule has 0 aliphatic heterocycles. The molecule has 2 aromatic carbocycles. The minimum Gasteiger partial charge on any atom is -0.382 e. The number of nitrogen functional groups attached to an aromatic ring is 1. The van der Waals surface area contributed by atoms with E-state index in [-0.39, 0.29) is 0 Å². The predicted octanol–water partition coefficient (Wildman–Crippen LogP) is 5.81. The molecule has 6 heteroatoms. The number of thiophene rings is 1. The van der Waals surface area contributed by atoms with Crippen LogP contribution in [-0.4, -0.2) is 15.0 Å². The maximum absolute atomic E-state index is 6.47. The molecule has 0 aliphatic carbocycles. The summed E-state index contributed by atoms with van der Waals surface area (Å²) in [4.78, 5) is 14.5. The van der Waals surface area contributed by atoms with Crippen LogP contribution in [0.4, 0.5) is 5.82 Å². The van der Waals surface area contributed by atoms with Gasteiger partial charge in [-0.05, 0) is 35.7 Å². The predicted molar refractivity (Wildman–Crippen MR) is 113 cm³/mol. The molecule has 0 aliphatic rings. The zero-order valence-electron chi connectivity index (χ0n) is 14.1. The summed E-state index contributed by atoms with van der Waals surface area (Å²) < 4.78 is 1.20. The SMILES string of the molecule is Nc1cnc(-c2cc(Cl)c3ncccc3c2)c(-c2cc3ccccc3s2)n1. The van der Waals surface area contributed by atoms with E-state index >= 15 is 0 Å². The summed E-state index contributed by atoms with van der Waals surface area (Å²) in [5.74, 6) is 0.389. The van der Waals surface area contributed by atoms with Crippen LogP contribution in [0.25, 0.3) is 42.8 Å². The average molecular weight is 389 g/mol. The molecular weight excluding hydrogens is 376 g/mol. The second kappa shape index (κ2) is 6.30. The third kappa shape index (κ3) is 2.81. The summed E-state index contributed by atoms with van der Waals surface area (Å²) in [5, 5.41) is 2.72. The van der Waals surface area contributed by atoms with Gasteiger partial charge in [0, 0.05) is 21.8 Å². The van der Waals surface area contributed by atoms with Gasteiger partial charge in [-0.15, -0.1) is 11.3 Å². The van der Waals surface area contributed by atoms with Crippen LogP contribution in [0.1, 0.15) is 0 Å². The number of nitrogens with two attached hydrogens (primary N) is 1. The van der Waals surface area contributed by atoms with Crippen LogP contribution in [0.2, 0.25) is 5.02 Å². The summed E-state index contributed by atoms with van der Waals surface area (Å²) in [6.45, 7) is 0. The number of hydrogen-bond acceptors (Lipinski definition) is 5. The summed E-state index contributed by atoms with van der Waals surface area (Å²) in [6, 6.07) is 18.2. The highest BCUT2D eigenvalue weighted by molar-refractivity contribution is 7.22. The number of fused-ring (bicyclic) bond motifs is 2. The summed E-state index contributed by atoms with van der Waals surface area (Å²) in [6.07, 6.45) is 3.31. The number of pyridine rings is 1. The van der Waals surface area contributed by atoms with E-state index < -0.39 is 0 Å². The molecule has 0 saturated heterocycles. The molecule has 5 rings (SSSR count). The average Bonchev–Trinajstić information content (AvgIpc) is 3.12. The third-order valence-electron chi connectivity index (χ3n) is 4.38. The van der Waals surface area contributed by atoms with Gasteiger partial charge in [-0.2, -0.15) is 0 Å². The fraction of sp³-hybridized carbons (Fsp3) is 0. The summed E-state index contributed by atoms with van der Waals surface area (Å²) in [5.41, 5.74) is 9.13. The maximum atomic E-state index is 6.47. The zero-order valence-corrected chi connectivity index (χ0v) is 15.6. The first kappa shape index (κ1) is 16.2. The Balaban J connectivity index is 1.76. The largest absolute Gasteiger partial charge is 0.382 e. The van der Waals surface area contributed by atoms with Crippen molar-refractivity contribution in [1.29, 1.82) is 0 Å². The van der Waals surface area contributed by atoms with Crippen LogP contribution in [0.3, 0.4) is 0 Å². The number of benzene rings is 2. The van der Waals surface area contributed by atoms with Crippen molar-refractivity contribution in [2.45, 2.75) is 0 Å². The molecule has 5 aromatic rings. The van der Waals surface area contributed by atoms with Crippen molar-refractivity contribution in [3.63, 3.8) is 0 Å². The van der Waals surface area contributed by atoms with Crippen molar-refractivity contribution in [1.82, 2.24) is 15.0 Å². The highest BCUT2D eigenvalue weighted by atomic mass is 35.5. The Morgan fingerprint density at radius 1 is 0.889 bits per heavy atom. The van der Waals surface area contributed by atoms with E-state index in [1.165, 1.54) is 10.1 Å². The number of anilines is 1. The van der Waals surface area contributed by atoms with E-state index in [0.29, 0.717) is 10.8 Å². The van der Waals surface area contributed by atoms with Crippen molar-refractivity contribution in [2.24, 2.45) is 0 Å². The van der Waals surface area contributed by atoms with Gasteiger partial charge in [-0.25, -0.2) is 4.98 Å². The lowest BCUT2D eigenvalue weighted by Gasteiger charge is -2.09. The second-order valence-corrected chi connectivity index (χ2v) is 7.66. The molecule has 0 spiro atoms. The van der Waals surface area contributed by atoms with Crippen LogP contribution in [0.15, 0.2) is 67.0 Å². The fourth-order valence-electron chi connectivity index (χ4n) is 3.17. The van der Waals surface area contributed by atoms with Crippen molar-refractivity contribution in [3.8, 4) is 21.8 Å². The third-order valence-corrected chi connectivity index (χ3v) is 5.79. The number of rotatable bonds is 2. The van der Waals surface area contributed by atoms with Crippen LogP contribution < -0.4 is 5.73 Å². The Bertz CT molecular complexity index is 1280. The smallest absolute Gasteiger partial charge is 0.142 e.